The quantitative estimate of drug-likeness (QED) is 0.236. The molecule has 10 atom stereocenters. The molecule has 3 aromatic rings. The van der Waals surface area contributed by atoms with Gasteiger partial charge in [0.15, 0.2) is 11.9 Å². The smallest absolute Gasteiger partial charge is 0.410 e. The zero-order valence-corrected chi connectivity index (χ0v) is 31.5. The Labute approximate surface area is 301 Å². The van der Waals surface area contributed by atoms with Crippen molar-refractivity contribution >= 4 is 41.3 Å². The average Bonchev–Trinajstić information content (AvgIpc) is 3.81. The minimum absolute atomic E-state index is 0.134. The van der Waals surface area contributed by atoms with Gasteiger partial charge in [0.05, 0.1) is 41.8 Å². The average molecular weight is 709 g/mol. The van der Waals surface area contributed by atoms with Crippen LogP contribution in [0.5, 0.6) is 0 Å². The molecule has 2 fully saturated rings. The van der Waals surface area contributed by atoms with E-state index in [1.807, 2.05) is 55.9 Å². The number of ketones is 1. The predicted octanol–water partition coefficient (Wildman–Crippen LogP) is 5.25. The van der Waals surface area contributed by atoms with Gasteiger partial charge in [-0.05, 0) is 76.9 Å². The standard InChI is InChI=1S/C36H53BN6O6S/c1-9-28-36(7)31(24(5)38-19-21(2)18-35(6,47-8)30(37)22(3)29(44)23(4)33(45)48-28)43(34(46)49-36)17-13-12-16-42-20-26(40-41-42)32-39-25-14-10-11-15-27(25)50-32/h10-11,14-15,20-24,28,30-31,33,38,45H,9,12-13,16-19H2,1-8H3/t21-,22+,23-,24-,28-,30-,31-,33?,35-,36-/m1/s1. The van der Waals surface area contributed by atoms with Gasteiger partial charge in [0.1, 0.15) is 22.6 Å². The number of ether oxygens (including phenoxy) is 3. The fourth-order valence-corrected chi connectivity index (χ4v) is 8.74. The number of carbonyl (C=O) groups excluding carboxylic acids is 2. The number of rotatable bonds is 8. The number of methoxy groups -OCH3 is 1. The summed E-state index contributed by atoms with van der Waals surface area (Å²) in [5.74, 6) is -2.10. The molecule has 2 aliphatic rings. The predicted molar refractivity (Wildman–Crippen MR) is 194 cm³/mol. The Morgan fingerprint density at radius 2 is 1.84 bits per heavy atom. The number of benzene rings is 1. The Morgan fingerprint density at radius 1 is 1.12 bits per heavy atom. The first-order valence-corrected chi connectivity index (χ1v) is 18.7. The Balaban J connectivity index is 1.32. The topological polar surface area (TPSA) is 141 Å². The van der Waals surface area contributed by atoms with Gasteiger partial charge < -0.3 is 24.6 Å². The number of unbranched alkanes of at least 4 members (excludes halogenated alkanes) is 1. The Hall–Kier alpha value is -2.91. The van der Waals surface area contributed by atoms with Gasteiger partial charge in [-0.3, -0.25) is 14.4 Å². The van der Waals surface area contributed by atoms with Crippen molar-refractivity contribution in [3.05, 3.63) is 30.5 Å². The second-order valence-corrected chi connectivity index (χ2v) is 15.7. The molecule has 2 aromatic heterocycles. The van der Waals surface area contributed by atoms with E-state index in [1.54, 1.807) is 37.2 Å². The molecule has 5 rings (SSSR count). The van der Waals surface area contributed by atoms with E-state index in [9.17, 15) is 14.7 Å². The fourth-order valence-electron chi connectivity index (χ4n) is 7.83. The number of aliphatic hydroxyl groups is 1. The molecular weight excluding hydrogens is 655 g/mol. The molecule has 0 saturated carbocycles. The van der Waals surface area contributed by atoms with Gasteiger partial charge in [-0.15, -0.1) is 16.4 Å². The monoisotopic (exact) mass is 708 g/mol. The van der Waals surface area contributed by atoms with Crippen LogP contribution in [0.25, 0.3) is 20.9 Å². The van der Waals surface area contributed by atoms with Crippen LogP contribution in [0.2, 0.25) is 5.82 Å². The number of nitrogens with zero attached hydrogens (tertiary/aromatic N) is 5. The van der Waals surface area contributed by atoms with Crippen LogP contribution in [0.15, 0.2) is 30.5 Å². The summed E-state index contributed by atoms with van der Waals surface area (Å²) in [6, 6.07) is 7.40. The molecule has 2 saturated heterocycles. The molecule has 12 nitrogen and oxygen atoms in total. The molecule has 0 aliphatic carbocycles. The van der Waals surface area contributed by atoms with E-state index in [0.717, 1.165) is 27.3 Å². The van der Waals surface area contributed by atoms with Gasteiger partial charge in [0.2, 0.25) is 0 Å². The second-order valence-electron chi connectivity index (χ2n) is 14.7. The lowest BCUT2D eigenvalue weighted by Gasteiger charge is -2.42. The van der Waals surface area contributed by atoms with Crippen LogP contribution in [-0.4, -0.2) is 106 Å². The third kappa shape index (κ3) is 7.79. The highest BCUT2D eigenvalue weighted by Gasteiger charge is 2.58. The molecule has 14 heteroatoms. The normalized spacial score (nSPS) is 34.7. The number of aromatic nitrogens is 4. The molecule has 1 unspecified atom stereocenters. The molecule has 2 N–H and O–H groups in total. The van der Waals surface area contributed by atoms with E-state index >= 15 is 0 Å². The molecule has 0 spiro atoms. The number of amides is 1. The molecule has 272 valence electrons. The zero-order chi connectivity index (χ0) is 36.4. The number of para-hydroxylation sites is 1. The summed E-state index contributed by atoms with van der Waals surface area (Å²) < 4.78 is 21.3. The highest BCUT2D eigenvalue weighted by Crippen LogP contribution is 2.41. The largest absolute Gasteiger partial charge is 0.438 e. The zero-order valence-electron chi connectivity index (χ0n) is 30.7. The van der Waals surface area contributed by atoms with Crippen LogP contribution < -0.4 is 5.32 Å². The van der Waals surface area contributed by atoms with Gasteiger partial charge in [0.25, 0.3) is 0 Å². The highest BCUT2D eigenvalue weighted by molar-refractivity contribution is 7.21. The third-order valence-electron chi connectivity index (χ3n) is 10.9. The number of thiazole rings is 1. The summed E-state index contributed by atoms with van der Waals surface area (Å²) in [6.07, 6.45) is 1.92. The van der Waals surface area contributed by atoms with E-state index in [0.29, 0.717) is 38.9 Å². The molecule has 2 aliphatic heterocycles. The van der Waals surface area contributed by atoms with Crippen molar-refractivity contribution in [3.63, 3.8) is 0 Å². The molecule has 1 amide bonds. The van der Waals surface area contributed by atoms with Crippen molar-refractivity contribution in [2.24, 2.45) is 17.8 Å². The van der Waals surface area contributed by atoms with Crippen LogP contribution in [0.4, 0.5) is 4.79 Å². The molecule has 4 heterocycles. The van der Waals surface area contributed by atoms with Crippen molar-refractivity contribution in [1.82, 2.24) is 30.2 Å². The first kappa shape index (κ1) is 38.3. The minimum Gasteiger partial charge on any atom is -0.438 e. The van der Waals surface area contributed by atoms with Crippen molar-refractivity contribution in [3.8, 4) is 10.7 Å². The van der Waals surface area contributed by atoms with Gasteiger partial charge in [-0.25, -0.2) is 9.78 Å². The lowest BCUT2D eigenvalue weighted by molar-refractivity contribution is -0.210. The molecule has 0 bridgehead atoms. The lowest BCUT2D eigenvalue weighted by Crippen LogP contribution is -2.61. The number of hydrogen-bond acceptors (Lipinski definition) is 11. The highest BCUT2D eigenvalue weighted by atomic mass is 32.1. The SMILES string of the molecule is [B][C@@H]1[C@@H](C)C(=O)[C@@H](C)C(O)O[C@H](CC)[C@@]2(C)OC(=O)N(CCCCn3cc(-c4nc5ccccc5s4)nn3)[C@@H]2[C@@H](C)NC[C@H](C)C[C@@]1(C)OC. The molecular formula is C36H53BN6O6S. The first-order valence-electron chi connectivity index (χ1n) is 17.9. The Kier molecular flexibility index (Phi) is 12.1. The number of carbonyl (C=O) groups is 2. The summed E-state index contributed by atoms with van der Waals surface area (Å²) in [7, 11) is 8.31. The maximum atomic E-state index is 13.6. The number of Topliss-reactive ketones (excluding diaryl/α,β-unsaturated/α-hetero) is 1. The van der Waals surface area contributed by atoms with E-state index in [-0.39, 0.29) is 17.7 Å². The maximum Gasteiger partial charge on any atom is 0.410 e. The number of fused-ring (bicyclic) bond motifs is 2. The van der Waals surface area contributed by atoms with Crippen molar-refractivity contribution < 1.29 is 28.9 Å². The summed E-state index contributed by atoms with van der Waals surface area (Å²) >= 11 is 1.59. The van der Waals surface area contributed by atoms with Crippen LogP contribution >= 0.6 is 11.3 Å². The second kappa shape index (κ2) is 15.8. The minimum atomic E-state index is -1.41. The number of hydrogen-bond donors (Lipinski definition) is 2. The summed E-state index contributed by atoms with van der Waals surface area (Å²) in [6.45, 7) is 15.1. The van der Waals surface area contributed by atoms with Gasteiger partial charge in [-0.1, -0.05) is 45.0 Å². The van der Waals surface area contributed by atoms with Crippen LogP contribution in [0.1, 0.15) is 74.1 Å². The Bertz CT molecular complexity index is 1590. The van der Waals surface area contributed by atoms with Gasteiger partial charge >= 0.3 is 6.09 Å². The van der Waals surface area contributed by atoms with Crippen molar-refractivity contribution in [2.45, 2.75) is 122 Å². The van der Waals surface area contributed by atoms with Crippen LogP contribution in [-0.2, 0) is 25.5 Å². The van der Waals surface area contributed by atoms with E-state index in [2.05, 4.69) is 29.5 Å². The maximum absolute atomic E-state index is 13.6. The summed E-state index contributed by atoms with van der Waals surface area (Å²) in [4.78, 5) is 33.7. The van der Waals surface area contributed by atoms with Crippen LogP contribution in [0.3, 0.4) is 0 Å². The van der Waals surface area contributed by atoms with Gasteiger partial charge in [-0.2, -0.15) is 0 Å². The Morgan fingerprint density at radius 3 is 2.54 bits per heavy atom. The fraction of sp³-hybridized carbons (Fsp3) is 0.694. The summed E-state index contributed by atoms with van der Waals surface area (Å²) in [5.41, 5.74) is -0.199. The van der Waals surface area contributed by atoms with E-state index < -0.39 is 53.4 Å². The van der Waals surface area contributed by atoms with E-state index in [4.69, 9.17) is 27.0 Å². The molecule has 1 aromatic carbocycles. The van der Waals surface area contributed by atoms with E-state index in [1.165, 1.54) is 0 Å². The van der Waals surface area contributed by atoms with Crippen LogP contribution in [0, 0.1) is 17.8 Å². The number of nitrogens with one attached hydrogen (secondary N) is 1. The lowest BCUT2D eigenvalue weighted by atomic mass is 9.62. The van der Waals surface area contributed by atoms with Crippen molar-refractivity contribution in [1.29, 1.82) is 0 Å². The number of aliphatic hydroxyl groups excluding tert-OH is 1. The molecule has 2 radical (unpaired) electrons. The summed E-state index contributed by atoms with van der Waals surface area (Å²) in [5, 5.41) is 24.5. The third-order valence-corrected chi connectivity index (χ3v) is 12.0. The molecule has 50 heavy (non-hydrogen) atoms. The van der Waals surface area contributed by atoms with Gasteiger partial charge in [0, 0.05) is 32.2 Å². The van der Waals surface area contributed by atoms with Crippen molar-refractivity contribution in [2.75, 3.05) is 20.2 Å². The number of aryl methyl sites for hydroxylation is 1. The first-order chi connectivity index (χ1) is 23.7.